The van der Waals surface area contributed by atoms with Gasteiger partial charge in [-0.25, -0.2) is 0 Å². The van der Waals surface area contributed by atoms with Gasteiger partial charge in [0.2, 0.25) is 0 Å². The molecule has 0 aliphatic heterocycles. The molecule has 0 spiro atoms. The predicted octanol–water partition coefficient (Wildman–Crippen LogP) is 33.8. The Morgan fingerprint density at radius 2 is 0.623 bits per heavy atom. The summed E-state index contributed by atoms with van der Waals surface area (Å²) in [5.74, 6) is 1.57. The molecule has 0 aromatic heterocycles. The predicted molar refractivity (Wildman–Crippen MR) is 469 cm³/mol. The Hall–Kier alpha value is -1.79. The number of esters is 1. The maximum Gasteiger partial charge on any atom is 0.310 e. The third-order valence-corrected chi connectivity index (χ3v) is 27.4. The van der Waals surface area contributed by atoms with Gasteiger partial charge >= 0.3 is 11.9 Å². The molecule has 0 amide bonds. The summed E-state index contributed by atoms with van der Waals surface area (Å²) in [6.07, 6.45) is 78.8. The quantitative estimate of drug-likeness (QED) is 0.0214. The van der Waals surface area contributed by atoms with Crippen LogP contribution in [0, 0.1) is 63.6 Å². The van der Waals surface area contributed by atoms with E-state index in [-0.39, 0.29) is 35.1 Å². The fraction of sp³-hybridized carbons (Fsp3) is 0.980. The van der Waals surface area contributed by atoms with Crippen molar-refractivity contribution in [1.82, 2.24) is 4.90 Å². The first kappa shape index (κ1) is 104. The highest BCUT2D eigenvalue weighted by Crippen LogP contribution is 2.77. The number of unbranched alkanes of at least 4 members (excludes halogenated alkanes) is 45. The van der Waals surface area contributed by atoms with Crippen molar-refractivity contribution in [3.05, 3.63) is 10.4 Å². The van der Waals surface area contributed by atoms with Crippen molar-refractivity contribution in [2.24, 2.45) is 68.7 Å². The lowest BCUT2D eigenvalue weighted by Crippen LogP contribution is -2.73. The van der Waals surface area contributed by atoms with E-state index in [0.717, 1.165) is 122 Å². The van der Waals surface area contributed by atoms with Gasteiger partial charge in [0.05, 0.1) is 12.0 Å². The van der Waals surface area contributed by atoms with E-state index in [9.17, 15) is 15.4 Å². The molecular formula is C98H194N4O4. The molecule has 8 atom stereocenters. The van der Waals surface area contributed by atoms with Gasteiger partial charge in [0.15, 0.2) is 0 Å². The molecule has 0 aromatic carbocycles. The zero-order chi connectivity index (χ0) is 78.5. The van der Waals surface area contributed by atoms with Crippen molar-refractivity contribution in [1.29, 1.82) is 0 Å². The summed E-state index contributed by atoms with van der Waals surface area (Å²) >= 11 is 0. The lowest BCUT2D eigenvalue weighted by atomic mass is 9.29. The maximum atomic E-state index is 17.2. The van der Waals surface area contributed by atoms with Crippen LogP contribution in [-0.4, -0.2) is 54.7 Å². The second-order valence-electron chi connectivity index (χ2n) is 36.0. The van der Waals surface area contributed by atoms with Crippen LogP contribution in [0.4, 0.5) is 0 Å². The molecule has 8 unspecified atom stereocenters. The van der Waals surface area contributed by atoms with Gasteiger partial charge < -0.3 is 14.7 Å². The van der Waals surface area contributed by atoms with Gasteiger partial charge in [0.1, 0.15) is 0 Å². The number of hydrogen-bond donors (Lipinski definition) is 1. The largest absolute Gasteiger partial charge is 0.481 e. The average molecular weight is 1490 g/mol. The standard InChI is InChI=1S/C98H194N4O4/c1-16-24-32-40-48-59-69-85-106-94(103)80-67-57-49-58-68-82-102(84-71-81-100-101-99)83-70-79-93(86(9)72-60-50-41-33-25-17-2)96(87(10)73-61-51-42-34-26-18-3,88(11)74-62-52-43-35-27-19-4)98(91(14)77-65-55-46-38-30-22-7,92(15)78-66-56-47-39-31-23-8)97(95(104)105,89(12)75-63-53-44-36-28-20-5)90(13)76-64-54-45-37-29-21-6/h86-93H,16-85H2,1-15H3,(H,104,105). The van der Waals surface area contributed by atoms with Crippen molar-refractivity contribution in [3.8, 4) is 0 Å². The number of hydrogen-bond acceptors (Lipinski definition) is 5. The molecule has 0 heterocycles. The molecule has 8 nitrogen and oxygen atoms in total. The first-order valence-corrected chi connectivity index (χ1v) is 48.7. The topological polar surface area (TPSA) is 116 Å². The second-order valence-corrected chi connectivity index (χ2v) is 36.0. The summed E-state index contributed by atoms with van der Waals surface area (Å²) < 4.78 is 5.71. The van der Waals surface area contributed by atoms with E-state index >= 15 is 4.79 Å². The zero-order valence-electron chi connectivity index (χ0n) is 75.1. The summed E-state index contributed by atoms with van der Waals surface area (Å²) in [5, 5.41) is 18.2. The number of carboxylic acids is 1. The summed E-state index contributed by atoms with van der Waals surface area (Å²) in [4.78, 5) is 36.1. The van der Waals surface area contributed by atoms with Crippen LogP contribution < -0.4 is 0 Å². The lowest BCUT2D eigenvalue weighted by molar-refractivity contribution is -0.278. The van der Waals surface area contributed by atoms with Crippen LogP contribution in [0.25, 0.3) is 10.4 Å². The molecule has 0 saturated heterocycles. The first-order chi connectivity index (χ1) is 51.6. The Morgan fingerprint density at radius 1 is 0.340 bits per heavy atom. The van der Waals surface area contributed by atoms with Crippen LogP contribution in [0.1, 0.15) is 521 Å². The van der Waals surface area contributed by atoms with Gasteiger partial charge in [-0.05, 0) is 135 Å². The minimum atomic E-state index is -0.952. The molecule has 630 valence electrons. The van der Waals surface area contributed by atoms with E-state index in [1.807, 2.05) is 0 Å². The summed E-state index contributed by atoms with van der Waals surface area (Å²) in [6.45, 7) is 42.1. The Balaban J connectivity index is 9.59. The molecule has 106 heavy (non-hydrogen) atoms. The minimum absolute atomic E-state index is 0.0230. The van der Waals surface area contributed by atoms with Crippen molar-refractivity contribution >= 4 is 11.9 Å². The highest BCUT2D eigenvalue weighted by molar-refractivity contribution is 5.77. The van der Waals surface area contributed by atoms with Crippen LogP contribution in [0.5, 0.6) is 0 Å². The molecule has 0 aliphatic rings. The number of azide groups is 1. The normalized spacial score (nSPS) is 16.0. The zero-order valence-corrected chi connectivity index (χ0v) is 75.1. The molecule has 0 radical (unpaired) electrons. The van der Waals surface area contributed by atoms with Crippen LogP contribution in [0.15, 0.2) is 5.11 Å². The van der Waals surface area contributed by atoms with E-state index in [0.29, 0.717) is 43.2 Å². The fourth-order valence-corrected chi connectivity index (χ4v) is 21.7. The van der Waals surface area contributed by atoms with Crippen molar-refractivity contribution in [3.63, 3.8) is 0 Å². The molecule has 0 rings (SSSR count). The molecule has 0 fully saturated rings. The van der Waals surface area contributed by atoms with E-state index in [1.54, 1.807) is 0 Å². The third-order valence-electron chi connectivity index (χ3n) is 27.4. The third kappa shape index (κ3) is 42.9. The molecule has 0 aliphatic carbocycles. The van der Waals surface area contributed by atoms with E-state index in [1.165, 1.54) is 308 Å². The smallest absolute Gasteiger partial charge is 0.310 e. The summed E-state index contributed by atoms with van der Waals surface area (Å²) in [7, 11) is 0. The SMILES string of the molecule is CCCCCCCCCOC(=O)CCCCCCCN(CCCN=[N+]=[N-])CCCC(C(C)CCCCCCCC)C(C(C)CCCCCCCC)(C(C)CCCCCCCC)C(C(C)CCCCCCCC)(C(C)CCCCCCCC)C(C(=O)O)(C(C)CCCCCCCC)C(C)CCCCCCCC. The number of ether oxygens (including phenoxy) is 1. The fourth-order valence-electron chi connectivity index (χ4n) is 21.7. The Morgan fingerprint density at radius 3 is 0.972 bits per heavy atom. The highest BCUT2D eigenvalue weighted by atomic mass is 16.5. The van der Waals surface area contributed by atoms with Gasteiger partial charge in [-0.1, -0.05) is 469 Å². The molecular weight excluding hydrogens is 1300 g/mol. The van der Waals surface area contributed by atoms with Crippen LogP contribution in [-0.2, 0) is 14.3 Å². The number of carbonyl (C=O) groups excluding carboxylic acids is 1. The summed E-state index contributed by atoms with van der Waals surface area (Å²) in [6, 6.07) is 0. The number of carboxylic acid groups (broad SMARTS) is 1. The highest BCUT2D eigenvalue weighted by Gasteiger charge is 2.75. The molecule has 0 saturated carbocycles. The monoisotopic (exact) mass is 1490 g/mol. The summed E-state index contributed by atoms with van der Waals surface area (Å²) in [5.41, 5.74) is 7.84. The molecule has 0 bridgehead atoms. The van der Waals surface area contributed by atoms with E-state index < -0.39 is 16.8 Å². The van der Waals surface area contributed by atoms with Crippen molar-refractivity contribution in [2.45, 2.75) is 521 Å². The second kappa shape index (κ2) is 72.2. The molecule has 8 heteroatoms. The van der Waals surface area contributed by atoms with Gasteiger partial charge in [0, 0.05) is 17.9 Å². The minimum Gasteiger partial charge on any atom is -0.481 e. The molecule has 1 N–H and O–H groups in total. The van der Waals surface area contributed by atoms with Crippen molar-refractivity contribution < 1.29 is 19.4 Å². The Bertz CT molecular complexity index is 1890. The Kier molecular flexibility index (Phi) is 71.0. The number of aliphatic carboxylic acids is 1. The van der Waals surface area contributed by atoms with Crippen molar-refractivity contribution in [2.75, 3.05) is 32.8 Å². The van der Waals surface area contributed by atoms with Crippen LogP contribution in [0.2, 0.25) is 0 Å². The van der Waals surface area contributed by atoms with Gasteiger partial charge in [-0.15, -0.1) is 0 Å². The lowest BCUT2D eigenvalue weighted by Gasteiger charge is -2.74. The number of nitrogens with zero attached hydrogens (tertiary/aromatic N) is 4. The Labute approximate surface area is 665 Å². The van der Waals surface area contributed by atoms with E-state index in [2.05, 4.69) is 119 Å². The van der Waals surface area contributed by atoms with Gasteiger partial charge in [-0.2, -0.15) is 0 Å². The number of rotatable bonds is 84. The molecule has 0 aromatic rings. The van der Waals surface area contributed by atoms with Gasteiger partial charge in [0.25, 0.3) is 0 Å². The average Bonchev–Trinajstić information content (AvgIpc) is 0.668. The first-order valence-electron chi connectivity index (χ1n) is 48.7. The number of carbonyl (C=O) groups is 2. The maximum absolute atomic E-state index is 17.2. The van der Waals surface area contributed by atoms with Crippen LogP contribution in [0.3, 0.4) is 0 Å². The van der Waals surface area contributed by atoms with Crippen LogP contribution >= 0.6 is 0 Å². The van der Waals surface area contributed by atoms with Gasteiger partial charge in [-0.3, -0.25) is 9.59 Å². The van der Waals surface area contributed by atoms with E-state index in [4.69, 9.17) is 4.74 Å².